The van der Waals surface area contributed by atoms with Crippen molar-refractivity contribution in [3.05, 3.63) is 64.7 Å². The molecule has 1 aliphatic carbocycles. The molecule has 0 atom stereocenters. The van der Waals surface area contributed by atoms with E-state index in [1.54, 1.807) is 11.1 Å². The van der Waals surface area contributed by atoms with Crippen molar-refractivity contribution in [1.29, 1.82) is 0 Å². The quantitative estimate of drug-likeness (QED) is 0.728. The van der Waals surface area contributed by atoms with E-state index in [1.165, 1.54) is 36.1 Å². The molecule has 2 aliphatic rings. The first-order valence-electron chi connectivity index (χ1n) is 6.84. The Morgan fingerprint density at radius 2 is 1.44 bits per heavy atom. The van der Waals surface area contributed by atoms with Gasteiger partial charge in [-0.2, -0.15) is 0 Å². The molecule has 1 heteroatoms. The summed E-state index contributed by atoms with van der Waals surface area (Å²) >= 11 is 0. The summed E-state index contributed by atoms with van der Waals surface area (Å²) in [6.45, 7) is 2.13. The smallest absolute Gasteiger partial charge is 0.0436 e. The maximum absolute atomic E-state index is 2.49. The Bertz CT molecular complexity index is 575. The van der Waals surface area contributed by atoms with Crippen LogP contribution in [0.4, 0.5) is 5.69 Å². The normalized spacial score (nSPS) is 16.8. The Kier molecular flexibility index (Phi) is 2.19. The van der Waals surface area contributed by atoms with E-state index in [0.717, 1.165) is 13.1 Å². The molecule has 1 heterocycles. The van der Waals surface area contributed by atoms with Gasteiger partial charge in [-0.1, -0.05) is 30.3 Å². The van der Waals surface area contributed by atoms with Crippen molar-refractivity contribution in [3.63, 3.8) is 0 Å². The molecule has 4 rings (SSSR count). The third kappa shape index (κ3) is 1.54. The molecule has 18 heavy (non-hydrogen) atoms. The number of nitrogens with zero attached hydrogens (tertiary/aromatic N) is 1. The van der Waals surface area contributed by atoms with E-state index in [1.807, 2.05) is 0 Å². The highest BCUT2D eigenvalue weighted by Crippen LogP contribution is 2.31. The van der Waals surface area contributed by atoms with E-state index < -0.39 is 0 Å². The zero-order chi connectivity index (χ0) is 11.9. The van der Waals surface area contributed by atoms with Gasteiger partial charge in [-0.25, -0.2) is 0 Å². The summed E-state index contributed by atoms with van der Waals surface area (Å²) in [5, 5.41) is 0. The Balaban J connectivity index is 1.66. The van der Waals surface area contributed by atoms with Crippen LogP contribution in [0.1, 0.15) is 28.7 Å². The summed E-state index contributed by atoms with van der Waals surface area (Å²) in [5.74, 6) is 0. The minimum Gasteiger partial charge on any atom is -0.363 e. The number of benzene rings is 2. The average molecular weight is 235 g/mol. The lowest BCUT2D eigenvalue weighted by Gasteiger charge is -2.18. The zero-order valence-electron chi connectivity index (χ0n) is 10.5. The van der Waals surface area contributed by atoms with Gasteiger partial charge in [0.2, 0.25) is 0 Å². The largest absolute Gasteiger partial charge is 0.363 e. The molecule has 1 aliphatic heterocycles. The van der Waals surface area contributed by atoms with Crippen LogP contribution in [-0.2, 0) is 25.9 Å². The Labute approximate surface area is 108 Å². The number of aryl methyl sites for hydroxylation is 2. The van der Waals surface area contributed by atoms with Crippen LogP contribution < -0.4 is 4.90 Å². The van der Waals surface area contributed by atoms with Crippen molar-refractivity contribution in [2.24, 2.45) is 0 Å². The topological polar surface area (TPSA) is 3.24 Å². The van der Waals surface area contributed by atoms with Gasteiger partial charge in [-0.05, 0) is 53.6 Å². The Morgan fingerprint density at radius 3 is 2.22 bits per heavy atom. The van der Waals surface area contributed by atoms with Gasteiger partial charge in [0.25, 0.3) is 0 Å². The first-order valence-corrected chi connectivity index (χ1v) is 6.84. The molecule has 1 nitrogen and oxygen atoms in total. The fourth-order valence-corrected chi connectivity index (χ4v) is 3.27. The summed E-state index contributed by atoms with van der Waals surface area (Å²) in [5.41, 5.74) is 7.50. The van der Waals surface area contributed by atoms with E-state index in [0.29, 0.717) is 0 Å². The number of anilines is 1. The van der Waals surface area contributed by atoms with Gasteiger partial charge in [-0.15, -0.1) is 0 Å². The van der Waals surface area contributed by atoms with Crippen molar-refractivity contribution < 1.29 is 0 Å². The van der Waals surface area contributed by atoms with Gasteiger partial charge in [0.15, 0.2) is 0 Å². The average Bonchev–Trinajstić information content (AvgIpc) is 3.04. The van der Waals surface area contributed by atoms with E-state index in [9.17, 15) is 0 Å². The number of fused-ring (bicyclic) bond motifs is 2. The summed E-state index contributed by atoms with van der Waals surface area (Å²) in [4.78, 5) is 2.49. The molecule has 0 unspecified atom stereocenters. The van der Waals surface area contributed by atoms with Crippen molar-refractivity contribution in [3.8, 4) is 0 Å². The van der Waals surface area contributed by atoms with Crippen molar-refractivity contribution in [2.75, 3.05) is 4.90 Å². The third-order valence-electron chi connectivity index (χ3n) is 4.29. The molecule has 0 saturated carbocycles. The molecule has 0 bridgehead atoms. The highest BCUT2D eigenvalue weighted by molar-refractivity contribution is 5.55. The third-order valence-corrected chi connectivity index (χ3v) is 4.29. The molecule has 0 fully saturated rings. The van der Waals surface area contributed by atoms with E-state index in [-0.39, 0.29) is 0 Å². The zero-order valence-corrected chi connectivity index (χ0v) is 10.5. The van der Waals surface area contributed by atoms with Crippen LogP contribution in [0.5, 0.6) is 0 Å². The predicted molar refractivity (Wildman–Crippen MR) is 74.8 cm³/mol. The molecule has 0 saturated heterocycles. The first-order chi connectivity index (χ1) is 8.90. The van der Waals surface area contributed by atoms with E-state index in [2.05, 4.69) is 47.4 Å². The van der Waals surface area contributed by atoms with E-state index >= 15 is 0 Å². The summed E-state index contributed by atoms with van der Waals surface area (Å²) in [7, 11) is 0. The first kappa shape index (κ1) is 10.2. The second kappa shape index (κ2) is 3.88. The lowest BCUT2D eigenvalue weighted by molar-refractivity contribution is 0.878. The van der Waals surface area contributed by atoms with Crippen LogP contribution in [-0.4, -0.2) is 0 Å². The molecule has 0 spiro atoms. The van der Waals surface area contributed by atoms with Gasteiger partial charge in [0.05, 0.1) is 0 Å². The Hall–Kier alpha value is -1.76. The van der Waals surface area contributed by atoms with Crippen LogP contribution >= 0.6 is 0 Å². The van der Waals surface area contributed by atoms with Crippen LogP contribution in [0.25, 0.3) is 0 Å². The lowest BCUT2D eigenvalue weighted by atomic mass is 10.1. The predicted octanol–water partition coefficient (Wildman–Crippen LogP) is 3.70. The molecule has 0 amide bonds. The molecular formula is C17H17N. The van der Waals surface area contributed by atoms with Crippen LogP contribution in [0.3, 0.4) is 0 Å². The number of hydrogen-bond acceptors (Lipinski definition) is 1. The lowest BCUT2D eigenvalue weighted by Crippen LogP contribution is -2.14. The summed E-state index contributed by atoms with van der Waals surface area (Å²) in [6, 6.07) is 15.8. The van der Waals surface area contributed by atoms with Crippen molar-refractivity contribution >= 4 is 5.69 Å². The number of rotatable bonds is 1. The fraction of sp³-hybridized carbons (Fsp3) is 0.294. The second-order valence-electron chi connectivity index (χ2n) is 5.43. The monoisotopic (exact) mass is 235 g/mol. The minimum absolute atomic E-state index is 1.06. The van der Waals surface area contributed by atoms with Crippen LogP contribution in [0, 0.1) is 0 Å². The van der Waals surface area contributed by atoms with Crippen molar-refractivity contribution in [1.82, 2.24) is 0 Å². The van der Waals surface area contributed by atoms with Gasteiger partial charge in [0, 0.05) is 18.8 Å². The SMILES string of the molecule is c1ccc2c(c1)CN(c1ccc3c(c1)CCC3)C2. The maximum atomic E-state index is 2.49. The Morgan fingerprint density at radius 1 is 0.722 bits per heavy atom. The molecule has 0 radical (unpaired) electrons. The maximum Gasteiger partial charge on any atom is 0.0436 e. The van der Waals surface area contributed by atoms with Gasteiger partial charge in [0.1, 0.15) is 0 Å². The summed E-state index contributed by atoms with van der Waals surface area (Å²) < 4.78 is 0. The highest BCUT2D eigenvalue weighted by Gasteiger charge is 2.20. The number of hydrogen-bond donors (Lipinski definition) is 0. The molecule has 2 aromatic carbocycles. The van der Waals surface area contributed by atoms with Gasteiger partial charge < -0.3 is 4.90 Å². The molecule has 0 aromatic heterocycles. The molecule has 2 aromatic rings. The molecule has 0 N–H and O–H groups in total. The van der Waals surface area contributed by atoms with Crippen LogP contribution in [0.2, 0.25) is 0 Å². The highest BCUT2D eigenvalue weighted by atomic mass is 15.1. The van der Waals surface area contributed by atoms with Gasteiger partial charge in [-0.3, -0.25) is 0 Å². The minimum atomic E-state index is 1.06. The summed E-state index contributed by atoms with van der Waals surface area (Å²) in [6.07, 6.45) is 3.87. The van der Waals surface area contributed by atoms with Crippen LogP contribution in [0.15, 0.2) is 42.5 Å². The second-order valence-corrected chi connectivity index (χ2v) is 5.43. The standard InChI is InChI=1S/C17H17N/c1-2-5-16-12-18(11-15(16)4-1)17-9-8-13-6-3-7-14(13)10-17/h1-2,4-5,8-10H,3,6-7,11-12H2. The van der Waals surface area contributed by atoms with Gasteiger partial charge >= 0.3 is 0 Å². The fourth-order valence-electron chi connectivity index (χ4n) is 3.27. The molecule has 90 valence electrons. The van der Waals surface area contributed by atoms with Crippen molar-refractivity contribution in [2.45, 2.75) is 32.4 Å². The van der Waals surface area contributed by atoms with E-state index in [4.69, 9.17) is 0 Å². The molecular weight excluding hydrogens is 218 g/mol.